The van der Waals surface area contributed by atoms with Crippen LogP contribution in [-0.4, -0.2) is 32.1 Å². The average Bonchev–Trinajstić information content (AvgIpc) is 2.84. The number of benzene rings is 3. The Morgan fingerprint density at radius 2 is 1.65 bits per heavy atom. The molecule has 0 aliphatic heterocycles. The third-order valence-electron chi connectivity index (χ3n) is 4.84. The summed E-state index contributed by atoms with van der Waals surface area (Å²) in [5, 5.41) is 5.20. The van der Waals surface area contributed by atoms with Gasteiger partial charge < -0.3 is 0 Å². The van der Waals surface area contributed by atoms with Crippen LogP contribution in [0.4, 0.5) is 5.69 Å². The fourth-order valence-corrected chi connectivity index (χ4v) is 5.16. The molecule has 0 aliphatic rings. The Balaban J connectivity index is 1.57. The minimum absolute atomic E-state index is 0.0280. The number of aromatic nitrogens is 1. The van der Waals surface area contributed by atoms with Crippen LogP contribution in [-0.2, 0) is 14.8 Å². The normalized spacial score (nSPS) is 11.6. The van der Waals surface area contributed by atoms with Crippen molar-refractivity contribution in [1.29, 1.82) is 0 Å². The number of carbonyl (C=O) groups is 1. The number of halogens is 2. The number of nitrogens with zero attached hydrogens (tertiary/aromatic N) is 3. The van der Waals surface area contributed by atoms with Gasteiger partial charge in [0.15, 0.2) is 0 Å². The molecule has 0 aliphatic carbocycles. The summed E-state index contributed by atoms with van der Waals surface area (Å²) in [7, 11) is -4.07. The van der Waals surface area contributed by atoms with E-state index in [0.29, 0.717) is 5.56 Å². The van der Waals surface area contributed by atoms with Crippen molar-refractivity contribution in [3.8, 4) is 0 Å². The third kappa shape index (κ3) is 5.20. The van der Waals surface area contributed by atoms with Gasteiger partial charge in [-0.3, -0.25) is 9.10 Å². The smallest absolute Gasteiger partial charge is 0.264 e. The number of hydrogen-bond acceptors (Lipinski definition) is 5. The highest BCUT2D eigenvalue weighted by atomic mass is 35.5. The Morgan fingerprint density at radius 1 is 0.971 bits per heavy atom. The van der Waals surface area contributed by atoms with Crippen LogP contribution in [0.5, 0.6) is 0 Å². The lowest BCUT2D eigenvalue weighted by molar-refractivity contribution is -0.119. The highest BCUT2D eigenvalue weighted by Crippen LogP contribution is 2.30. The molecule has 0 atom stereocenters. The molecule has 1 N–H and O–H groups in total. The Hall–Kier alpha value is -3.46. The van der Waals surface area contributed by atoms with E-state index < -0.39 is 22.5 Å². The van der Waals surface area contributed by atoms with Gasteiger partial charge in [-0.1, -0.05) is 71.7 Å². The van der Waals surface area contributed by atoms with Gasteiger partial charge in [0, 0.05) is 10.9 Å². The summed E-state index contributed by atoms with van der Waals surface area (Å²) < 4.78 is 27.6. The molecule has 0 bridgehead atoms. The molecule has 7 nitrogen and oxygen atoms in total. The molecule has 0 spiro atoms. The molecule has 1 aromatic heterocycles. The summed E-state index contributed by atoms with van der Waals surface area (Å²) in [4.78, 5) is 17.0. The zero-order valence-corrected chi connectivity index (χ0v) is 19.9. The average molecular weight is 513 g/mol. The van der Waals surface area contributed by atoms with E-state index in [9.17, 15) is 13.2 Å². The second-order valence-electron chi connectivity index (χ2n) is 7.13. The van der Waals surface area contributed by atoms with Gasteiger partial charge in [0.05, 0.1) is 27.3 Å². The molecule has 3 aromatic carbocycles. The summed E-state index contributed by atoms with van der Waals surface area (Å²) in [6.07, 6.45) is 1.35. The van der Waals surface area contributed by atoms with Crippen LogP contribution in [0.1, 0.15) is 5.56 Å². The van der Waals surface area contributed by atoms with Gasteiger partial charge >= 0.3 is 0 Å². The van der Waals surface area contributed by atoms with E-state index in [1.165, 1.54) is 24.4 Å². The lowest BCUT2D eigenvalue weighted by atomic mass is 10.2. The maximum atomic E-state index is 13.3. The molecule has 172 valence electrons. The molecule has 0 radical (unpaired) electrons. The summed E-state index contributed by atoms with van der Waals surface area (Å²) >= 11 is 12.5. The van der Waals surface area contributed by atoms with Gasteiger partial charge in [0.2, 0.25) is 0 Å². The van der Waals surface area contributed by atoms with Crippen LogP contribution in [0.3, 0.4) is 0 Å². The topological polar surface area (TPSA) is 91.7 Å². The van der Waals surface area contributed by atoms with Crippen molar-refractivity contribution in [3.05, 3.63) is 101 Å². The van der Waals surface area contributed by atoms with Crippen LogP contribution in [0.2, 0.25) is 10.2 Å². The van der Waals surface area contributed by atoms with E-state index in [2.05, 4.69) is 15.5 Å². The Kier molecular flexibility index (Phi) is 7.12. The first-order valence-corrected chi connectivity index (χ1v) is 12.3. The lowest BCUT2D eigenvalue weighted by Crippen LogP contribution is -2.39. The van der Waals surface area contributed by atoms with Gasteiger partial charge in [-0.05, 0) is 36.4 Å². The molecular formula is C24H18Cl2N4O3S. The van der Waals surface area contributed by atoms with Crippen molar-refractivity contribution < 1.29 is 13.2 Å². The van der Waals surface area contributed by atoms with Gasteiger partial charge in [-0.2, -0.15) is 5.10 Å². The van der Waals surface area contributed by atoms with Crippen LogP contribution in [0, 0.1) is 0 Å². The fourth-order valence-electron chi connectivity index (χ4n) is 3.21. The van der Waals surface area contributed by atoms with Gasteiger partial charge in [0.25, 0.3) is 15.9 Å². The Labute approximate surface area is 206 Å². The van der Waals surface area contributed by atoms with E-state index in [-0.39, 0.29) is 20.8 Å². The van der Waals surface area contributed by atoms with Gasteiger partial charge in [-0.15, -0.1) is 0 Å². The predicted molar refractivity (Wildman–Crippen MR) is 135 cm³/mol. The van der Waals surface area contributed by atoms with Gasteiger partial charge in [0.1, 0.15) is 11.7 Å². The maximum absolute atomic E-state index is 13.3. The summed E-state index contributed by atoms with van der Waals surface area (Å²) in [6, 6.07) is 23.4. The summed E-state index contributed by atoms with van der Waals surface area (Å²) in [5.74, 6) is -0.666. The standard InChI is InChI=1S/C24H18Cl2N4O3S/c25-20-11-5-7-13-22(20)30(34(32,33)19-9-2-1-3-10-19)16-23(31)29-27-15-18-14-17-8-4-6-12-21(17)28-24(18)26/h1-15H,16H2,(H,29,31)/b27-15-. The maximum Gasteiger partial charge on any atom is 0.264 e. The highest BCUT2D eigenvalue weighted by Gasteiger charge is 2.28. The van der Waals surface area contributed by atoms with Crippen LogP contribution < -0.4 is 9.73 Å². The van der Waals surface area contributed by atoms with Crippen molar-refractivity contribution in [1.82, 2.24) is 10.4 Å². The number of hydrazone groups is 1. The SMILES string of the molecule is O=C(CN(c1ccccc1Cl)S(=O)(=O)c1ccccc1)N/N=C\c1cc2ccccc2nc1Cl. The van der Waals surface area contributed by atoms with E-state index in [4.69, 9.17) is 23.2 Å². The molecule has 4 aromatic rings. The molecule has 0 saturated carbocycles. The first-order valence-electron chi connectivity index (χ1n) is 10.1. The zero-order chi connectivity index (χ0) is 24.1. The molecule has 34 heavy (non-hydrogen) atoms. The molecule has 4 rings (SSSR count). The second-order valence-corrected chi connectivity index (χ2v) is 9.76. The number of para-hydroxylation sites is 2. The van der Waals surface area contributed by atoms with E-state index in [1.54, 1.807) is 42.5 Å². The molecule has 1 amide bonds. The van der Waals surface area contributed by atoms with Gasteiger partial charge in [-0.25, -0.2) is 18.8 Å². The number of pyridine rings is 1. The third-order valence-corrected chi connectivity index (χ3v) is 7.23. The first-order chi connectivity index (χ1) is 16.4. The van der Waals surface area contributed by atoms with Crippen LogP contribution >= 0.6 is 23.2 Å². The number of carbonyl (C=O) groups excluding carboxylic acids is 1. The van der Waals surface area contributed by atoms with Crippen molar-refractivity contribution in [2.24, 2.45) is 5.10 Å². The number of amides is 1. The second kappa shape index (κ2) is 10.2. The Bertz CT molecular complexity index is 1480. The van der Waals surface area contributed by atoms with Crippen molar-refractivity contribution in [2.45, 2.75) is 4.90 Å². The molecule has 10 heteroatoms. The van der Waals surface area contributed by atoms with Crippen molar-refractivity contribution in [2.75, 3.05) is 10.8 Å². The molecule has 0 unspecified atom stereocenters. The minimum atomic E-state index is -4.07. The van der Waals surface area contributed by atoms with Crippen LogP contribution in [0.15, 0.2) is 94.9 Å². The quantitative estimate of drug-likeness (QED) is 0.217. The molecular weight excluding hydrogens is 495 g/mol. The van der Waals surface area contributed by atoms with E-state index >= 15 is 0 Å². The van der Waals surface area contributed by atoms with Crippen LogP contribution in [0.25, 0.3) is 10.9 Å². The largest absolute Gasteiger partial charge is 0.271 e. The minimum Gasteiger partial charge on any atom is -0.271 e. The zero-order valence-electron chi connectivity index (χ0n) is 17.6. The lowest BCUT2D eigenvalue weighted by Gasteiger charge is -2.24. The predicted octanol–water partition coefficient (Wildman–Crippen LogP) is 4.89. The number of anilines is 1. The number of sulfonamides is 1. The molecule has 0 fully saturated rings. The molecule has 1 heterocycles. The molecule has 0 saturated heterocycles. The number of nitrogens with one attached hydrogen (secondary N) is 1. The number of rotatable bonds is 7. The van der Waals surface area contributed by atoms with Crippen molar-refractivity contribution >= 4 is 61.9 Å². The van der Waals surface area contributed by atoms with Crippen molar-refractivity contribution in [3.63, 3.8) is 0 Å². The number of fused-ring (bicyclic) bond motifs is 1. The highest BCUT2D eigenvalue weighted by molar-refractivity contribution is 7.92. The summed E-state index contributed by atoms with van der Waals surface area (Å²) in [5.41, 5.74) is 3.75. The number of hydrogen-bond donors (Lipinski definition) is 1. The first kappa shape index (κ1) is 23.7. The van der Waals surface area contributed by atoms with E-state index in [0.717, 1.165) is 15.2 Å². The Morgan fingerprint density at radius 3 is 2.41 bits per heavy atom. The fraction of sp³-hybridized carbons (Fsp3) is 0.0417. The van der Waals surface area contributed by atoms with E-state index in [1.807, 2.05) is 24.3 Å². The monoisotopic (exact) mass is 512 g/mol. The summed E-state index contributed by atoms with van der Waals surface area (Å²) in [6.45, 7) is -0.540.